The van der Waals surface area contributed by atoms with Gasteiger partial charge >= 0.3 is 11.8 Å². The molecule has 0 aliphatic heterocycles. The van der Waals surface area contributed by atoms with E-state index in [9.17, 15) is 13.6 Å². The van der Waals surface area contributed by atoms with Crippen molar-refractivity contribution in [3.63, 3.8) is 0 Å². The number of unbranched alkanes of at least 4 members (excludes halogenated alkanes) is 1. The van der Waals surface area contributed by atoms with E-state index >= 15 is 0 Å². The number of alkyl halides is 2. The summed E-state index contributed by atoms with van der Waals surface area (Å²) in [6.45, 7) is 2.53. The summed E-state index contributed by atoms with van der Waals surface area (Å²) in [5.41, 5.74) is 0.437. The van der Waals surface area contributed by atoms with Crippen molar-refractivity contribution >= 4 is 5.91 Å². The highest BCUT2D eigenvalue weighted by Gasteiger charge is 2.40. The first-order valence-corrected chi connectivity index (χ1v) is 5.58. The van der Waals surface area contributed by atoms with Gasteiger partial charge in [-0.3, -0.25) is 10.0 Å². The zero-order chi connectivity index (χ0) is 13.6. The summed E-state index contributed by atoms with van der Waals surface area (Å²) in [5.74, 6) is -5.06. The number of amides is 1. The van der Waals surface area contributed by atoms with E-state index in [1.165, 1.54) is 12.1 Å². The Kier molecular flexibility index (Phi) is 5.03. The first-order valence-electron chi connectivity index (χ1n) is 5.58. The molecule has 18 heavy (non-hydrogen) atoms. The number of hydroxylamine groups is 1. The van der Waals surface area contributed by atoms with E-state index in [0.29, 0.717) is 12.4 Å². The molecular weight excluding hydrogens is 244 g/mol. The molecule has 1 aromatic carbocycles. The van der Waals surface area contributed by atoms with Gasteiger partial charge in [0.2, 0.25) is 0 Å². The van der Waals surface area contributed by atoms with Gasteiger partial charge in [0.15, 0.2) is 0 Å². The molecule has 2 N–H and O–H groups in total. The Morgan fingerprint density at radius 3 is 2.50 bits per heavy atom. The highest BCUT2D eigenvalue weighted by Crippen LogP contribution is 2.29. The van der Waals surface area contributed by atoms with E-state index in [-0.39, 0.29) is 0 Å². The van der Waals surface area contributed by atoms with Crippen LogP contribution in [0, 0.1) is 0 Å². The smallest absolute Gasteiger partial charge is 0.351 e. The number of nitrogens with one attached hydrogen (secondary N) is 1. The number of hydrogen-bond donors (Lipinski definition) is 2. The zero-order valence-corrected chi connectivity index (χ0v) is 9.95. The van der Waals surface area contributed by atoms with Crippen molar-refractivity contribution in [3.05, 3.63) is 29.8 Å². The fourth-order valence-electron chi connectivity index (χ4n) is 1.30. The van der Waals surface area contributed by atoms with Gasteiger partial charge in [0, 0.05) is 5.56 Å². The minimum atomic E-state index is -3.77. The molecule has 100 valence electrons. The fraction of sp³-hybridized carbons (Fsp3) is 0.417. The Balaban J connectivity index is 2.73. The lowest BCUT2D eigenvalue weighted by atomic mass is 10.1. The maximum atomic E-state index is 13.4. The van der Waals surface area contributed by atoms with Crippen LogP contribution in [0.15, 0.2) is 24.3 Å². The molecule has 0 fully saturated rings. The van der Waals surface area contributed by atoms with Gasteiger partial charge in [-0.1, -0.05) is 13.3 Å². The molecule has 0 aromatic heterocycles. The summed E-state index contributed by atoms with van der Waals surface area (Å²) in [6.07, 6.45) is 1.86. The van der Waals surface area contributed by atoms with E-state index in [0.717, 1.165) is 30.5 Å². The second-order valence-corrected chi connectivity index (χ2v) is 3.74. The highest BCUT2D eigenvalue weighted by atomic mass is 19.3. The minimum Gasteiger partial charge on any atom is -0.494 e. The van der Waals surface area contributed by atoms with Crippen LogP contribution in [-0.2, 0) is 10.7 Å². The third-order valence-corrected chi connectivity index (χ3v) is 2.37. The van der Waals surface area contributed by atoms with Crippen LogP contribution in [0.2, 0.25) is 0 Å². The average molecular weight is 259 g/mol. The van der Waals surface area contributed by atoms with Crippen LogP contribution in [0.25, 0.3) is 0 Å². The van der Waals surface area contributed by atoms with Crippen LogP contribution in [0.4, 0.5) is 8.78 Å². The fourth-order valence-corrected chi connectivity index (χ4v) is 1.30. The summed E-state index contributed by atoms with van der Waals surface area (Å²) >= 11 is 0. The monoisotopic (exact) mass is 259 g/mol. The topological polar surface area (TPSA) is 58.6 Å². The Labute approximate surface area is 104 Å². The van der Waals surface area contributed by atoms with E-state index in [1.54, 1.807) is 0 Å². The van der Waals surface area contributed by atoms with E-state index in [2.05, 4.69) is 0 Å². The van der Waals surface area contributed by atoms with Gasteiger partial charge in [0.1, 0.15) is 5.75 Å². The van der Waals surface area contributed by atoms with E-state index in [4.69, 9.17) is 9.94 Å². The molecule has 1 amide bonds. The van der Waals surface area contributed by atoms with Gasteiger partial charge < -0.3 is 4.74 Å². The van der Waals surface area contributed by atoms with Gasteiger partial charge in [-0.2, -0.15) is 8.78 Å². The average Bonchev–Trinajstić information content (AvgIpc) is 2.38. The van der Waals surface area contributed by atoms with Crippen molar-refractivity contribution in [1.29, 1.82) is 0 Å². The molecule has 0 saturated carbocycles. The molecule has 0 spiro atoms. The third kappa shape index (κ3) is 3.40. The van der Waals surface area contributed by atoms with Gasteiger partial charge in [-0.15, -0.1) is 0 Å². The first kappa shape index (κ1) is 14.4. The van der Waals surface area contributed by atoms with Crippen molar-refractivity contribution in [2.75, 3.05) is 6.61 Å². The quantitative estimate of drug-likeness (QED) is 0.468. The maximum absolute atomic E-state index is 13.4. The number of rotatable bonds is 6. The minimum absolute atomic E-state index is 0.465. The number of ether oxygens (including phenoxy) is 1. The number of carbonyl (C=O) groups is 1. The molecule has 1 rings (SSSR count). The molecule has 1 aromatic rings. The van der Waals surface area contributed by atoms with Gasteiger partial charge in [-0.05, 0) is 30.7 Å². The lowest BCUT2D eigenvalue weighted by Crippen LogP contribution is -2.36. The molecule has 0 heterocycles. The Bertz CT molecular complexity index is 393. The Morgan fingerprint density at radius 2 is 2.00 bits per heavy atom. The van der Waals surface area contributed by atoms with Crippen LogP contribution in [-0.4, -0.2) is 17.7 Å². The zero-order valence-electron chi connectivity index (χ0n) is 9.95. The first-order chi connectivity index (χ1) is 8.52. The maximum Gasteiger partial charge on any atom is 0.351 e. The molecule has 0 aliphatic carbocycles. The van der Waals surface area contributed by atoms with Crippen LogP contribution < -0.4 is 10.2 Å². The number of benzene rings is 1. The molecule has 0 bridgehead atoms. The molecular formula is C12H15F2NO3. The Morgan fingerprint density at radius 1 is 1.39 bits per heavy atom. The normalized spacial score (nSPS) is 11.1. The predicted molar refractivity (Wildman–Crippen MR) is 60.7 cm³/mol. The van der Waals surface area contributed by atoms with Crippen LogP contribution >= 0.6 is 0 Å². The van der Waals surface area contributed by atoms with Crippen molar-refractivity contribution in [3.8, 4) is 5.75 Å². The SMILES string of the molecule is CCCCOc1ccc(C(F)(F)C(=O)NO)cc1. The highest BCUT2D eigenvalue weighted by molar-refractivity contribution is 5.83. The molecule has 0 saturated heterocycles. The van der Waals surface area contributed by atoms with Crippen molar-refractivity contribution < 1.29 is 23.5 Å². The van der Waals surface area contributed by atoms with Crippen LogP contribution in [0.3, 0.4) is 0 Å². The van der Waals surface area contributed by atoms with Crippen LogP contribution in [0.1, 0.15) is 25.3 Å². The number of halogens is 2. The van der Waals surface area contributed by atoms with Gasteiger partial charge in [0.25, 0.3) is 0 Å². The largest absolute Gasteiger partial charge is 0.494 e. The molecule has 4 nitrogen and oxygen atoms in total. The summed E-state index contributed by atoms with van der Waals surface area (Å²) in [5, 5.41) is 8.23. The predicted octanol–water partition coefficient (Wildman–Crippen LogP) is 2.46. The molecule has 0 unspecified atom stereocenters. The van der Waals surface area contributed by atoms with Crippen molar-refractivity contribution in [1.82, 2.24) is 5.48 Å². The standard InChI is InChI=1S/C12H15F2NO3/c1-2-3-8-18-10-6-4-9(5-7-10)12(13,14)11(16)15-17/h4-7,17H,2-3,8H2,1H3,(H,15,16). The molecule has 0 atom stereocenters. The second kappa shape index (κ2) is 6.30. The van der Waals surface area contributed by atoms with Crippen molar-refractivity contribution in [2.45, 2.75) is 25.7 Å². The summed E-state index contributed by atoms with van der Waals surface area (Å²) in [4.78, 5) is 10.8. The number of carbonyl (C=O) groups excluding carboxylic acids is 1. The van der Waals surface area contributed by atoms with E-state index in [1.807, 2.05) is 6.92 Å². The summed E-state index contributed by atoms with van der Waals surface area (Å²) < 4.78 is 32.1. The summed E-state index contributed by atoms with van der Waals surface area (Å²) in [7, 11) is 0. The lowest BCUT2D eigenvalue weighted by Gasteiger charge is -2.14. The lowest BCUT2D eigenvalue weighted by molar-refractivity contribution is -0.156. The molecule has 6 heteroatoms. The molecule has 0 aliphatic rings. The van der Waals surface area contributed by atoms with Gasteiger partial charge in [0.05, 0.1) is 6.61 Å². The van der Waals surface area contributed by atoms with E-state index < -0.39 is 17.4 Å². The van der Waals surface area contributed by atoms with Crippen molar-refractivity contribution in [2.24, 2.45) is 0 Å². The second-order valence-electron chi connectivity index (χ2n) is 3.74. The third-order valence-electron chi connectivity index (χ3n) is 2.37. The number of hydrogen-bond acceptors (Lipinski definition) is 3. The Hall–Kier alpha value is -1.69. The van der Waals surface area contributed by atoms with Gasteiger partial charge in [-0.25, -0.2) is 5.48 Å². The van der Waals surface area contributed by atoms with Crippen LogP contribution in [0.5, 0.6) is 5.75 Å². The summed E-state index contributed by atoms with van der Waals surface area (Å²) in [6, 6.07) is 4.92. The molecule has 0 radical (unpaired) electrons.